The molecule has 21 heavy (non-hydrogen) atoms. The second-order valence-electron chi connectivity index (χ2n) is 8.26. The minimum Gasteiger partial charge on any atom is -0.396 e. The number of likely N-dealkylation sites (tertiary alicyclic amines) is 1. The van der Waals surface area contributed by atoms with Crippen LogP contribution in [0.25, 0.3) is 0 Å². The zero-order valence-corrected chi connectivity index (χ0v) is 13.8. The first-order valence-corrected chi connectivity index (χ1v) is 9.26. The van der Waals surface area contributed by atoms with E-state index < -0.39 is 0 Å². The third kappa shape index (κ3) is 4.43. The normalized spacial score (nSPS) is 36.0. The van der Waals surface area contributed by atoms with Gasteiger partial charge < -0.3 is 15.3 Å². The summed E-state index contributed by atoms with van der Waals surface area (Å²) in [7, 11) is 0. The van der Waals surface area contributed by atoms with Crippen LogP contribution < -0.4 is 5.32 Å². The number of piperidine rings is 1. The summed E-state index contributed by atoms with van der Waals surface area (Å²) in [6.45, 7) is 7.76. The summed E-state index contributed by atoms with van der Waals surface area (Å²) in [5.41, 5.74) is 0.520. The van der Waals surface area contributed by atoms with Gasteiger partial charge in [-0.15, -0.1) is 0 Å². The first-order valence-electron chi connectivity index (χ1n) is 9.26. The van der Waals surface area contributed by atoms with Crippen molar-refractivity contribution < 1.29 is 5.11 Å². The van der Waals surface area contributed by atoms with Crippen molar-refractivity contribution in [1.82, 2.24) is 10.2 Å². The minimum atomic E-state index is 0.388. The van der Waals surface area contributed by atoms with E-state index in [4.69, 9.17) is 0 Å². The molecule has 0 radical (unpaired) electrons. The quantitative estimate of drug-likeness (QED) is 0.790. The fourth-order valence-electron chi connectivity index (χ4n) is 4.58. The molecule has 1 saturated heterocycles. The van der Waals surface area contributed by atoms with Crippen molar-refractivity contribution in [3.8, 4) is 0 Å². The molecule has 3 aliphatic rings. The lowest BCUT2D eigenvalue weighted by Crippen LogP contribution is -2.49. The summed E-state index contributed by atoms with van der Waals surface area (Å²) >= 11 is 0. The highest BCUT2D eigenvalue weighted by molar-refractivity contribution is 4.93. The molecular weight excluding hydrogens is 260 g/mol. The molecule has 122 valence electrons. The van der Waals surface area contributed by atoms with E-state index in [0.717, 1.165) is 12.0 Å². The van der Waals surface area contributed by atoms with E-state index in [0.29, 0.717) is 17.9 Å². The Morgan fingerprint density at radius 3 is 2.52 bits per heavy atom. The topological polar surface area (TPSA) is 35.5 Å². The molecule has 3 nitrogen and oxygen atoms in total. The molecule has 0 aromatic rings. The van der Waals surface area contributed by atoms with Crippen LogP contribution in [0.2, 0.25) is 0 Å². The molecule has 0 spiro atoms. The van der Waals surface area contributed by atoms with Gasteiger partial charge in [-0.1, -0.05) is 19.8 Å². The number of rotatable bonds is 6. The SMILES string of the molecule is CC1CCCC(CNC2CC2)(CN2CCC(CO)CC2)C1. The van der Waals surface area contributed by atoms with Gasteiger partial charge in [-0.2, -0.15) is 0 Å². The number of nitrogens with zero attached hydrogens (tertiary/aromatic N) is 1. The fraction of sp³-hybridized carbons (Fsp3) is 1.00. The van der Waals surface area contributed by atoms with E-state index in [1.807, 2.05) is 0 Å². The highest BCUT2D eigenvalue weighted by atomic mass is 16.3. The van der Waals surface area contributed by atoms with E-state index in [2.05, 4.69) is 17.1 Å². The lowest BCUT2D eigenvalue weighted by Gasteiger charge is -2.45. The minimum absolute atomic E-state index is 0.388. The molecule has 3 rings (SSSR count). The van der Waals surface area contributed by atoms with Crippen molar-refractivity contribution in [2.45, 2.75) is 64.3 Å². The van der Waals surface area contributed by atoms with Crippen LogP contribution in [0.15, 0.2) is 0 Å². The molecule has 1 heterocycles. The van der Waals surface area contributed by atoms with Crippen LogP contribution in [0, 0.1) is 17.3 Å². The molecule has 0 aromatic heterocycles. The molecule has 0 amide bonds. The number of hydrogen-bond donors (Lipinski definition) is 2. The predicted octanol–water partition coefficient (Wildman–Crippen LogP) is 2.64. The number of hydrogen-bond acceptors (Lipinski definition) is 3. The fourth-order valence-corrected chi connectivity index (χ4v) is 4.58. The van der Waals surface area contributed by atoms with Crippen LogP contribution in [0.3, 0.4) is 0 Å². The van der Waals surface area contributed by atoms with E-state index in [-0.39, 0.29) is 0 Å². The summed E-state index contributed by atoms with van der Waals surface area (Å²) in [5.74, 6) is 1.46. The van der Waals surface area contributed by atoms with Crippen molar-refractivity contribution in [3.05, 3.63) is 0 Å². The zero-order valence-electron chi connectivity index (χ0n) is 13.8. The van der Waals surface area contributed by atoms with Gasteiger partial charge in [-0.3, -0.25) is 0 Å². The second-order valence-corrected chi connectivity index (χ2v) is 8.26. The first-order chi connectivity index (χ1) is 10.2. The van der Waals surface area contributed by atoms with Gasteiger partial charge >= 0.3 is 0 Å². The lowest BCUT2D eigenvalue weighted by atomic mass is 9.69. The standard InChI is InChI=1S/C18H34N2O/c1-15-3-2-8-18(11-15,13-19-17-4-5-17)14-20-9-6-16(12-21)7-10-20/h15-17,19,21H,2-14H2,1H3. The number of aliphatic hydroxyl groups excluding tert-OH is 1. The largest absolute Gasteiger partial charge is 0.396 e. The number of nitrogens with one attached hydrogen (secondary N) is 1. The van der Waals surface area contributed by atoms with Crippen molar-refractivity contribution in [3.63, 3.8) is 0 Å². The van der Waals surface area contributed by atoms with Crippen LogP contribution in [-0.4, -0.2) is 48.8 Å². The summed E-state index contributed by atoms with van der Waals surface area (Å²) in [4.78, 5) is 2.69. The summed E-state index contributed by atoms with van der Waals surface area (Å²) in [6.07, 6.45) is 10.8. The van der Waals surface area contributed by atoms with Crippen LogP contribution in [0.5, 0.6) is 0 Å². The molecule has 0 aromatic carbocycles. The third-order valence-electron chi connectivity index (χ3n) is 6.05. The molecule has 3 heteroatoms. The molecule has 2 atom stereocenters. The van der Waals surface area contributed by atoms with Gasteiger partial charge in [0.2, 0.25) is 0 Å². The van der Waals surface area contributed by atoms with Gasteiger partial charge in [0.1, 0.15) is 0 Å². The highest BCUT2D eigenvalue weighted by Gasteiger charge is 2.38. The van der Waals surface area contributed by atoms with Crippen LogP contribution in [-0.2, 0) is 0 Å². The molecule has 1 aliphatic heterocycles. The molecule has 3 fully saturated rings. The third-order valence-corrected chi connectivity index (χ3v) is 6.05. The maximum atomic E-state index is 9.31. The van der Waals surface area contributed by atoms with Gasteiger partial charge in [0.15, 0.2) is 0 Å². The van der Waals surface area contributed by atoms with Crippen molar-refractivity contribution in [2.24, 2.45) is 17.3 Å². The Kier molecular flexibility index (Phi) is 5.23. The summed E-state index contributed by atoms with van der Waals surface area (Å²) in [5, 5.41) is 13.1. The van der Waals surface area contributed by atoms with Crippen molar-refractivity contribution in [2.75, 3.05) is 32.8 Å². The Bertz CT molecular complexity index is 323. The van der Waals surface area contributed by atoms with Gasteiger partial charge in [-0.25, -0.2) is 0 Å². The van der Waals surface area contributed by atoms with Gasteiger partial charge in [0.05, 0.1) is 0 Å². The number of aliphatic hydroxyl groups is 1. The maximum absolute atomic E-state index is 9.31. The molecule has 2 aliphatic carbocycles. The van der Waals surface area contributed by atoms with E-state index in [1.54, 1.807) is 0 Å². The molecule has 0 bridgehead atoms. The molecular formula is C18H34N2O. The highest BCUT2D eigenvalue weighted by Crippen LogP contribution is 2.40. The molecule has 2 saturated carbocycles. The van der Waals surface area contributed by atoms with Crippen molar-refractivity contribution in [1.29, 1.82) is 0 Å². The van der Waals surface area contributed by atoms with Crippen molar-refractivity contribution >= 4 is 0 Å². The lowest BCUT2D eigenvalue weighted by molar-refractivity contribution is 0.0523. The predicted molar refractivity (Wildman–Crippen MR) is 87.3 cm³/mol. The maximum Gasteiger partial charge on any atom is 0.0460 e. The Labute approximate surface area is 130 Å². The summed E-state index contributed by atoms with van der Waals surface area (Å²) in [6, 6.07) is 0.833. The Hall–Kier alpha value is -0.120. The van der Waals surface area contributed by atoms with E-state index >= 15 is 0 Å². The molecule has 2 unspecified atom stereocenters. The van der Waals surface area contributed by atoms with E-state index in [1.165, 1.54) is 77.5 Å². The average molecular weight is 294 g/mol. The van der Waals surface area contributed by atoms with Crippen LogP contribution >= 0.6 is 0 Å². The average Bonchev–Trinajstić information content (AvgIpc) is 3.30. The Morgan fingerprint density at radius 1 is 1.14 bits per heavy atom. The van der Waals surface area contributed by atoms with E-state index in [9.17, 15) is 5.11 Å². The van der Waals surface area contributed by atoms with Crippen LogP contribution in [0.1, 0.15) is 58.3 Å². The monoisotopic (exact) mass is 294 g/mol. The van der Waals surface area contributed by atoms with Gasteiger partial charge in [0.25, 0.3) is 0 Å². The molecule has 2 N–H and O–H groups in total. The smallest absolute Gasteiger partial charge is 0.0460 e. The second kappa shape index (κ2) is 6.97. The zero-order chi connectivity index (χ0) is 14.7. The van der Waals surface area contributed by atoms with Gasteiger partial charge in [0, 0.05) is 25.7 Å². The van der Waals surface area contributed by atoms with Crippen LogP contribution in [0.4, 0.5) is 0 Å². The van der Waals surface area contributed by atoms with Gasteiger partial charge in [-0.05, 0) is 68.9 Å². The summed E-state index contributed by atoms with van der Waals surface area (Å²) < 4.78 is 0. The Balaban J connectivity index is 1.55. The first kappa shape index (κ1) is 15.8. The Morgan fingerprint density at radius 2 is 1.90 bits per heavy atom.